The monoisotopic (exact) mass is 613 g/mol. The van der Waals surface area contributed by atoms with E-state index in [2.05, 4.69) is 21.9 Å². The molecule has 0 spiro atoms. The molecular weight excluding hydrogens is 581 g/mol. The van der Waals surface area contributed by atoms with Crippen molar-refractivity contribution >= 4 is 50.6 Å². The molecule has 1 aromatic heterocycles. The molecule has 1 saturated carbocycles. The molecule has 1 aliphatic rings. The highest BCUT2D eigenvalue weighted by molar-refractivity contribution is 7.92. The maximum Gasteiger partial charge on any atom is 0.290 e. The van der Waals surface area contributed by atoms with E-state index >= 15 is 4.39 Å². The minimum atomic E-state index is -4.07. The maximum absolute atomic E-state index is 15.3. The average Bonchev–Trinajstić information content (AvgIpc) is 2.96. The summed E-state index contributed by atoms with van der Waals surface area (Å²) in [5.74, 6) is -0.0878. The van der Waals surface area contributed by atoms with E-state index in [1.807, 2.05) is 19.1 Å². The van der Waals surface area contributed by atoms with Gasteiger partial charge in [-0.3, -0.25) is 9.52 Å². The third-order valence-electron chi connectivity index (χ3n) is 7.24. The number of nitrogens with one attached hydrogen (secondary N) is 2. The van der Waals surface area contributed by atoms with E-state index in [1.165, 1.54) is 24.3 Å². The van der Waals surface area contributed by atoms with Crippen LogP contribution in [0.1, 0.15) is 43.7 Å². The van der Waals surface area contributed by atoms with Crippen LogP contribution in [0.15, 0.2) is 59.6 Å². The molecule has 222 valence electrons. The molecule has 1 fully saturated rings. The first kappa shape index (κ1) is 31.1. The topological polar surface area (TPSA) is 147 Å². The number of hydrogen-bond acceptors (Lipinski definition) is 7. The van der Waals surface area contributed by atoms with Gasteiger partial charge in [0.25, 0.3) is 16.5 Å². The molecule has 0 aliphatic heterocycles. The molecule has 1 heterocycles. The smallest absolute Gasteiger partial charge is 0.290 e. The molecule has 5 N–H and O–H groups in total. The first-order chi connectivity index (χ1) is 20.1. The summed E-state index contributed by atoms with van der Waals surface area (Å²) in [6.45, 7) is 3.62. The van der Waals surface area contributed by atoms with Crippen LogP contribution in [-0.4, -0.2) is 42.0 Å². The Morgan fingerprint density at radius 3 is 2.50 bits per heavy atom. The van der Waals surface area contributed by atoms with Crippen molar-refractivity contribution in [2.45, 2.75) is 62.9 Å². The third kappa shape index (κ3) is 7.15. The van der Waals surface area contributed by atoms with Gasteiger partial charge < -0.3 is 16.2 Å². The van der Waals surface area contributed by atoms with Crippen molar-refractivity contribution in [2.24, 2.45) is 5.73 Å². The minimum absolute atomic E-state index is 0.0607. The van der Waals surface area contributed by atoms with Crippen LogP contribution < -0.4 is 15.8 Å². The number of carboxylic acid groups (broad SMARTS) is 1. The van der Waals surface area contributed by atoms with Crippen LogP contribution in [0.4, 0.5) is 16.0 Å². The van der Waals surface area contributed by atoms with Crippen molar-refractivity contribution in [3.05, 3.63) is 76.7 Å². The van der Waals surface area contributed by atoms with E-state index in [-0.39, 0.29) is 28.1 Å². The molecule has 1 aliphatic carbocycles. The Labute approximate surface area is 249 Å². The fraction of sp³-hybridized carbons (Fsp3) is 0.300. The van der Waals surface area contributed by atoms with Gasteiger partial charge in [0.2, 0.25) is 5.95 Å². The first-order valence-corrected chi connectivity index (χ1v) is 15.4. The summed E-state index contributed by atoms with van der Waals surface area (Å²) in [5, 5.41) is 11.3. The van der Waals surface area contributed by atoms with E-state index in [0.29, 0.717) is 23.1 Å². The Hall–Kier alpha value is -3.80. The number of aryl methyl sites for hydroxylation is 2. The number of nitrogens with zero attached hydrogens (tertiary/aromatic N) is 2. The minimum Gasteiger partial charge on any atom is -0.483 e. The van der Waals surface area contributed by atoms with Crippen molar-refractivity contribution in [1.29, 1.82) is 0 Å². The summed E-state index contributed by atoms with van der Waals surface area (Å²) in [5.41, 5.74) is 9.94. The highest BCUT2D eigenvalue weighted by Gasteiger charge is 2.22. The number of hydrogen-bond donors (Lipinski definition) is 4. The van der Waals surface area contributed by atoms with E-state index in [9.17, 15) is 8.42 Å². The van der Waals surface area contributed by atoms with Crippen molar-refractivity contribution in [3.63, 3.8) is 0 Å². The van der Waals surface area contributed by atoms with Crippen LogP contribution >= 0.6 is 11.6 Å². The van der Waals surface area contributed by atoms with E-state index in [1.54, 1.807) is 18.3 Å². The van der Waals surface area contributed by atoms with Gasteiger partial charge in [0.05, 0.1) is 16.2 Å². The zero-order valence-electron chi connectivity index (χ0n) is 23.3. The molecule has 0 radical (unpaired) electrons. The van der Waals surface area contributed by atoms with Crippen molar-refractivity contribution < 1.29 is 22.7 Å². The largest absolute Gasteiger partial charge is 0.483 e. The van der Waals surface area contributed by atoms with Gasteiger partial charge in [0.1, 0.15) is 10.7 Å². The van der Waals surface area contributed by atoms with Crippen LogP contribution in [0.5, 0.6) is 0 Å². The van der Waals surface area contributed by atoms with E-state index in [0.717, 1.165) is 54.1 Å². The summed E-state index contributed by atoms with van der Waals surface area (Å²) >= 11 is 6.06. The quantitative estimate of drug-likeness (QED) is 0.182. The molecule has 0 atom stereocenters. The molecule has 0 unspecified atom stereocenters. The standard InChI is InChI=1S/C29H31ClFN5O2S.CH2O2/c1-3-18-13-19(14-20-16-33-29(35-28(18)20)34-22-10-8-21(32)9-11-22)23-15-25(31)26(12-17(23)2)36-39(37,38)27-7-5-4-6-24(27)30;2-1-3/h4-7,12-16,21-22,36H,3,8-11,32H2,1-2H3,(H,33,34,35);1H,(H,2,3). The SMILES string of the molecule is CCc1cc(-c2cc(F)c(NS(=O)(=O)c3ccccc3Cl)cc2C)cc2cnc(NC3CCC(N)CC3)nc12.O=CO. The molecule has 42 heavy (non-hydrogen) atoms. The van der Waals surface area contributed by atoms with Gasteiger partial charge in [-0.2, -0.15) is 0 Å². The van der Waals surface area contributed by atoms with Gasteiger partial charge in [0, 0.05) is 23.7 Å². The summed E-state index contributed by atoms with van der Waals surface area (Å²) in [6.07, 6.45) is 6.50. The molecule has 12 heteroatoms. The zero-order chi connectivity index (χ0) is 30.4. The number of halogens is 2. The lowest BCUT2D eigenvalue weighted by Gasteiger charge is -2.26. The number of fused-ring (bicyclic) bond motifs is 1. The number of sulfonamides is 1. The second-order valence-electron chi connectivity index (χ2n) is 10.2. The van der Waals surface area contributed by atoms with Gasteiger partial charge in [-0.1, -0.05) is 30.7 Å². The Bertz CT molecular complexity index is 1700. The lowest BCUT2D eigenvalue weighted by atomic mass is 9.92. The number of nitrogens with two attached hydrogens (primary N) is 1. The van der Waals surface area contributed by atoms with Crippen molar-refractivity contribution in [1.82, 2.24) is 9.97 Å². The molecule has 9 nitrogen and oxygen atoms in total. The fourth-order valence-corrected chi connectivity index (χ4v) is 6.67. The number of anilines is 2. The lowest BCUT2D eigenvalue weighted by Crippen LogP contribution is -2.33. The Kier molecular flexibility index (Phi) is 9.97. The Morgan fingerprint density at radius 2 is 1.83 bits per heavy atom. The summed E-state index contributed by atoms with van der Waals surface area (Å²) < 4.78 is 43.3. The van der Waals surface area contributed by atoms with Crippen LogP contribution in [0.2, 0.25) is 5.02 Å². The zero-order valence-corrected chi connectivity index (χ0v) is 24.8. The number of benzene rings is 3. The molecular formula is C30H33ClFN5O4S. The Morgan fingerprint density at radius 1 is 1.14 bits per heavy atom. The second kappa shape index (κ2) is 13.5. The summed E-state index contributed by atoms with van der Waals surface area (Å²) in [4.78, 5) is 17.6. The maximum atomic E-state index is 15.3. The summed E-state index contributed by atoms with van der Waals surface area (Å²) in [7, 11) is -4.07. The normalized spacial score (nSPS) is 16.8. The Balaban J connectivity index is 0.00000129. The molecule has 3 aromatic carbocycles. The highest BCUT2D eigenvalue weighted by atomic mass is 35.5. The van der Waals surface area contributed by atoms with Gasteiger partial charge in [-0.25, -0.2) is 22.8 Å². The van der Waals surface area contributed by atoms with Crippen LogP contribution in [-0.2, 0) is 21.2 Å². The highest BCUT2D eigenvalue weighted by Crippen LogP contribution is 2.34. The average molecular weight is 614 g/mol. The number of aromatic nitrogens is 2. The van der Waals surface area contributed by atoms with E-state index < -0.39 is 15.8 Å². The molecule has 0 saturated heterocycles. The van der Waals surface area contributed by atoms with Gasteiger partial charge in [-0.05, 0) is 97.7 Å². The van der Waals surface area contributed by atoms with Crippen LogP contribution in [0.3, 0.4) is 0 Å². The van der Waals surface area contributed by atoms with E-state index in [4.69, 9.17) is 32.2 Å². The van der Waals surface area contributed by atoms with Crippen molar-refractivity contribution in [2.75, 3.05) is 10.0 Å². The first-order valence-electron chi connectivity index (χ1n) is 13.5. The summed E-state index contributed by atoms with van der Waals surface area (Å²) in [6, 6.07) is 13.4. The van der Waals surface area contributed by atoms with Crippen LogP contribution in [0.25, 0.3) is 22.0 Å². The fourth-order valence-electron chi connectivity index (χ4n) is 5.09. The molecule has 5 rings (SSSR count). The van der Waals surface area contributed by atoms with Gasteiger partial charge in [0.15, 0.2) is 0 Å². The lowest BCUT2D eigenvalue weighted by molar-refractivity contribution is -0.122. The van der Waals surface area contributed by atoms with Crippen molar-refractivity contribution in [3.8, 4) is 11.1 Å². The van der Waals surface area contributed by atoms with Gasteiger partial charge in [-0.15, -0.1) is 0 Å². The molecule has 4 aromatic rings. The molecule has 0 bridgehead atoms. The van der Waals surface area contributed by atoms with Crippen LogP contribution in [0, 0.1) is 12.7 Å². The number of rotatable bonds is 7. The predicted octanol–water partition coefficient (Wildman–Crippen LogP) is 6.14. The molecule has 0 amide bonds. The van der Waals surface area contributed by atoms with Gasteiger partial charge >= 0.3 is 0 Å². The predicted molar refractivity (Wildman–Crippen MR) is 164 cm³/mol. The number of carbonyl (C=O) groups is 1. The third-order valence-corrected chi connectivity index (χ3v) is 9.11. The second-order valence-corrected chi connectivity index (χ2v) is 12.2.